The van der Waals surface area contributed by atoms with Crippen molar-refractivity contribution in [1.29, 1.82) is 0 Å². The Hall–Kier alpha value is -3.62. The molecule has 0 fully saturated rings. The highest BCUT2D eigenvalue weighted by Crippen LogP contribution is 2.25. The average molecular weight is 443 g/mol. The molecule has 2 N–H and O–H groups in total. The van der Waals surface area contributed by atoms with E-state index in [1.54, 1.807) is 24.8 Å². The Morgan fingerprint density at radius 3 is 2.07 bits per heavy atom. The zero-order valence-corrected chi connectivity index (χ0v) is 16.6. The van der Waals surface area contributed by atoms with Crippen LogP contribution in [0.5, 0.6) is 0 Å². The maximum atomic E-state index is 10.8. The lowest BCUT2D eigenvalue weighted by molar-refractivity contribution is -0.365. The lowest BCUT2D eigenvalue weighted by Crippen LogP contribution is -2.26. The maximum absolute atomic E-state index is 10.8. The number of ketones is 2. The van der Waals surface area contributed by atoms with Gasteiger partial charge in [-0.1, -0.05) is 35.3 Å². The van der Waals surface area contributed by atoms with Gasteiger partial charge >= 0.3 is 0 Å². The van der Waals surface area contributed by atoms with E-state index < -0.39 is 33.1 Å². The Morgan fingerprint density at radius 2 is 1.47 bits per heavy atom. The number of carbonyl (C=O) groups excluding carboxylic acids is 2. The minimum absolute atomic E-state index is 0.783. The van der Waals surface area contributed by atoms with Crippen molar-refractivity contribution in [2.45, 2.75) is 0 Å². The molecule has 3 heterocycles. The number of aromatic amines is 1. The van der Waals surface area contributed by atoms with Crippen molar-refractivity contribution >= 4 is 34.8 Å². The second-order valence-corrected chi connectivity index (χ2v) is 6.46. The SMILES string of the molecule is O=C1C(O)=C(Cl)C(=O)C([O-])=C1Cl.c1ccc(-c2ncc[nH+]c2-c2ccccn2)nc1. The van der Waals surface area contributed by atoms with Crippen LogP contribution in [0.3, 0.4) is 0 Å². The Balaban J connectivity index is 0.000000187. The van der Waals surface area contributed by atoms with E-state index in [9.17, 15) is 14.7 Å². The number of hydrogen-bond donors (Lipinski definition) is 1. The summed E-state index contributed by atoms with van der Waals surface area (Å²) in [5.41, 5.74) is 3.36. The molecule has 30 heavy (non-hydrogen) atoms. The number of carbonyl (C=O) groups is 2. The van der Waals surface area contributed by atoms with Gasteiger partial charge in [-0.25, -0.2) is 15.0 Å². The fourth-order valence-corrected chi connectivity index (χ4v) is 2.73. The van der Waals surface area contributed by atoms with Crippen molar-refractivity contribution in [2.24, 2.45) is 0 Å². The quantitative estimate of drug-likeness (QED) is 0.600. The molecule has 3 aromatic heterocycles. The van der Waals surface area contributed by atoms with Gasteiger partial charge in [-0.05, 0) is 30.0 Å². The highest BCUT2D eigenvalue weighted by molar-refractivity contribution is 6.55. The van der Waals surface area contributed by atoms with Gasteiger partial charge in [-0.15, -0.1) is 0 Å². The van der Waals surface area contributed by atoms with Crippen molar-refractivity contribution in [3.63, 3.8) is 0 Å². The largest absolute Gasteiger partial charge is 0.869 e. The fourth-order valence-electron chi connectivity index (χ4n) is 2.38. The summed E-state index contributed by atoms with van der Waals surface area (Å²) in [6.07, 6.45) is 7.03. The number of Topliss-reactive ketones (excluding diaryl/α,β-unsaturated/α-hetero) is 2. The minimum atomic E-state index is -1.19. The first-order chi connectivity index (χ1) is 14.4. The van der Waals surface area contributed by atoms with Gasteiger partial charge < -0.3 is 10.2 Å². The molecule has 8 nitrogen and oxygen atoms in total. The smallest absolute Gasteiger partial charge is 0.257 e. The molecule has 0 spiro atoms. The molecular weight excluding hydrogens is 431 g/mol. The Labute approximate surface area is 180 Å². The summed E-state index contributed by atoms with van der Waals surface area (Å²) in [4.78, 5) is 37.7. The van der Waals surface area contributed by atoms with Gasteiger partial charge in [0, 0.05) is 12.4 Å². The molecule has 150 valence electrons. The zero-order valence-electron chi connectivity index (χ0n) is 15.0. The molecular formula is C20H12Cl2N4O4. The molecule has 3 aromatic rings. The third-order valence-corrected chi connectivity index (χ3v) is 4.49. The number of aliphatic hydroxyl groups is 1. The number of hydrogen-bond acceptors (Lipinski definition) is 7. The summed E-state index contributed by atoms with van der Waals surface area (Å²) < 4.78 is 0. The molecule has 0 saturated heterocycles. The van der Waals surface area contributed by atoms with Crippen LogP contribution in [0.1, 0.15) is 0 Å². The predicted octanol–water partition coefficient (Wildman–Crippen LogP) is 1.98. The third-order valence-electron chi connectivity index (χ3n) is 3.80. The van der Waals surface area contributed by atoms with Crippen LogP contribution >= 0.6 is 23.2 Å². The summed E-state index contributed by atoms with van der Waals surface area (Å²) in [6, 6.07) is 11.5. The van der Waals surface area contributed by atoms with Gasteiger partial charge in [-0.2, -0.15) is 0 Å². The van der Waals surface area contributed by atoms with E-state index in [1.807, 2.05) is 36.4 Å². The van der Waals surface area contributed by atoms with E-state index in [-0.39, 0.29) is 0 Å². The average Bonchev–Trinajstić information content (AvgIpc) is 2.82. The first-order valence-electron chi connectivity index (χ1n) is 8.36. The molecule has 4 rings (SSSR count). The van der Waals surface area contributed by atoms with E-state index in [0.717, 1.165) is 22.8 Å². The molecule has 0 radical (unpaired) electrons. The first-order valence-corrected chi connectivity index (χ1v) is 9.11. The number of nitrogens with zero attached hydrogens (tertiary/aromatic N) is 3. The van der Waals surface area contributed by atoms with Crippen LogP contribution in [0.25, 0.3) is 22.8 Å². The van der Waals surface area contributed by atoms with Crippen LogP contribution < -0.4 is 10.1 Å². The maximum Gasteiger partial charge on any atom is 0.257 e. The van der Waals surface area contributed by atoms with Crippen LogP contribution in [0.15, 0.2) is 82.8 Å². The monoisotopic (exact) mass is 442 g/mol. The normalized spacial score (nSPS) is 13.8. The van der Waals surface area contributed by atoms with Crippen LogP contribution in [-0.2, 0) is 9.59 Å². The van der Waals surface area contributed by atoms with Gasteiger partial charge in [0.15, 0.2) is 23.4 Å². The number of aromatic nitrogens is 4. The van der Waals surface area contributed by atoms with Crippen LogP contribution in [-0.4, -0.2) is 31.6 Å². The summed E-state index contributed by atoms with van der Waals surface area (Å²) in [7, 11) is 0. The first kappa shape index (κ1) is 21.1. The van der Waals surface area contributed by atoms with Crippen molar-refractivity contribution in [1.82, 2.24) is 15.0 Å². The number of allylic oxidation sites excluding steroid dienone is 2. The van der Waals surface area contributed by atoms with E-state index in [0.29, 0.717) is 0 Å². The number of pyridine rings is 2. The highest BCUT2D eigenvalue weighted by Gasteiger charge is 2.28. The lowest BCUT2D eigenvalue weighted by atomic mass is 10.1. The van der Waals surface area contributed by atoms with Crippen molar-refractivity contribution in [3.05, 3.63) is 82.8 Å². The zero-order chi connectivity index (χ0) is 21.7. The standard InChI is InChI=1S/C14H10N4.C6H2Cl2O4/c1-3-7-15-11(5-1)13-14(18-10-9-17-13)12-6-2-4-8-16-12;7-1-3(9)5(11)2(8)6(12)4(1)10/h1-10H;9,12H. The number of H-pyrrole nitrogens is 1. The number of rotatable bonds is 2. The molecule has 1 aliphatic carbocycles. The topological polar surface area (TPSA) is 130 Å². The van der Waals surface area contributed by atoms with Crippen molar-refractivity contribution in [2.75, 3.05) is 0 Å². The van der Waals surface area contributed by atoms with E-state index >= 15 is 0 Å². The summed E-state index contributed by atoms with van der Waals surface area (Å²) in [5, 5.41) is 17.9. The van der Waals surface area contributed by atoms with Gasteiger partial charge in [0.25, 0.3) is 5.69 Å². The molecule has 0 aromatic carbocycles. The van der Waals surface area contributed by atoms with Crippen molar-refractivity contribution in [3.8, 4) is 22.8 Å². The molecule has 0 atom stereocenters. The Morgan fingerprint density at radius 1 is 0.833 bits per heavy atom. The van der Waals surface area contributed by atoms with E-state index in [1.165, 1.54) is 0 Å². The second-order valence-electron chi connectivity index (χ2n) is 5.71. The van der Waals surface area contributed by atoms with E-state index in [2.05, 4.69) is 19.9 Å². The fraction of sp³-hybridized carbons (Fsp3) is 0. The lowest BCUT2D eigenvalue weighted by Gasteiger charge is -2.17. The summed E-state index contributed by atoms with van der Waals surface area (Å²) in [6.45, 7) is 0. The Bertz CT molecular complexity index is 1050. The van der Waals surface area contributed by atoms with Crippen LogP contribution in [0, 0.1) is 0 Å². The van der Waals surface area contributed by atoms with Gasteiger partial charge in [-0.3, -0.25) is 14.6 Å². The van der Waals surface area contributed by atoms with Gasteiger partial charge in [0.2, 0.25) is 5.78 Å². The second kappa shape index (κ2) is 9.25. The highest BCUT2D eigenvalue weighted by atomic mass is 35.5. The van der Waals surface area contributed by atoms with Crippen LogP contribution in [0.2, 0.25) is 0 Å². The minimum Gasteiger partial charge on any atom is -0.869 e. The summed E-state index contributed by atoms with van der Waals surface area (Å²) in [5.74, 6) is -4.46. The number of halogens is 2. The predicted molar refractivity (Wildman–Crippen MR) is 106 cm³/mol. The molecule has 1 aliphatic rings. The molecule has 0 unspecified atom stereocenters. The van der Waals surface area contributed by atoms with E-state index in [4.69, 9.17) is 28.3 Å². The molecule has 0 amide bonds. The Kier molecular flexibility index (Phi) is 6.51. The van der Waals surface area contributed by atoms with Crippen molar-refractivity contribution < 1.29 is 24.8 Å². The summed E-state index contributed by atoms with van der Waals surface area (Å²) >= 11 is 10.3. The molecule has 0 saturated carbocycles. The third kappa shape index (κ3) is 4.35. The van der Waals surface area contributed by atoms with Crippen LogP contribution in [0.4, 0.5) is 0 Å². The molecule has 0 aliphatic heterocycles. The molecule has 0 bridgehead atoms. The molecule has 10 heteroatoms. The van der Waals surface area contributed by atoms with Gasteiger partial charge in [0.05, 0.1) is 16.9 Å². The number of nitrogens with one attached hydrogen (secondary N) is 1. The number of aliphatic hydroxyl groups excluding tert-OH is 1. The van der Waals surface area contributed by atoms with Gasteiger partial charge in [0.1, 0.15) is 10.7 Å².